The summed E-state index contributed by atoms with van der Waals surface area (Å²) < 4.78 is 0. The highest BCUT2D eigenvalue weighted by atomic mass is 15.4. The molecule has 4 heteroatoms. The average Bonchev–Trinajstić information content (AvgIpc) is 2.05. The molecule has 0 saturated carbocycles. The molecule has 0 amide bonds. The van der Waals surface area contributed by atoms with Crippen LogP contribution in [-0.4, -0.2) is 4.98 Å². The lowest BCUT2D eigenvalue weighted by molar-refractivity contribution is 0.817. The molecule has 0 saturated heterocycles. The Bertz CT molecular complexity index is 451. The number of nitrogens with zero attached hydrogens (tertiary/aromatic N) is 2. The van der Waals surface area contributed by atoms with Crippen molar-refractivity contribution in [2.45, 2.75) is 6.54 Å². The van der Waals surface area contributed by atoms with Gasteiger partial charge in [0.2, 0.25) is 0 Å². The van der Waals surface area contributed by atoms with E-state index in [0.29, 0.717) is 0 Å². The number of fused-ring (bicyclic) bond motifs is 2. The lowest BCUT2D eigenvalue weighted by atomic mass is 10.0. The van der Waals surface area contributed by atoms with Crippen LogP contribution in [0.3, 0.4) is 0 Å². The van der Waals surface area contributed by atoms with Crippen LogP contribution >= 0.6 is 0 Å². The first-order valence-corrected chi connectivity index (χ1v) is 3.79. The van der Waals surface area contributed by atoms with Crippen molar-refractivity contribution >= 4 is 22.4 Å². The number of nitrogen functional groups attached to an aromatic ring is 1. The summed E-state index contributed by atoms with van der Waals surface area (Å²) in [5.74, 6) is 6.52. The zero-order valence-corrected chi connectivity index (χ0v) is 6.41. The molecule has 5 rings (SSSR count). The Labute approximate surface area is 69.1 Å². The maximum atomic E-state index is 5.76. The standard InChI is InChI=1S/C8H8N4/c9-6-2-7-4-1-5(6)8(11-7)12(10)3-4/h1-2H,3,10H2,(H2,9,11). The van der Waals surface area contributed by atoms with E-state index in [9.17, 15) is 0 Å². The van der Waals surface area contributed by atoms with Crippen molar-refractivity contribution in [2.75, 3.05) is 10.7 Å². The Morgan fingerprint density at radius 3 is 2.83 bits per heavy atom. The van der Waals surface area contributed by atoms with Gasteiger partial charge in [0.25, 0.3) is 0 Å². The molecule has 0 atom stereocenters. The number of anilines is 2. The molecule has 0 radical (unpaired) electrons. The first-order chi connectivity index (χ1) is 5.75. The molecule has 4 N–H and O–H groups in total. The molecule has 2 aliphatic rings. The van der Waals surface area contributed by atoms with Gasteiger partial charge in [0.05, 0.1) is 12.1 Å². The predicted octanol–water partition coefficient (Wildman–Crippen LogP) is 0.449. The monoisotopic (exact) mass is 160 g/mol. The van der Waals surface area contributed by atoms with Crippen LogP contribution in [0.1, 0.15) is 5.56 Å². The normalized spacial score (nSPS) is 14.9. The lowest BCUT2D eigenvalue weighted by Crippen LogP contribution is -2.35. The smallest absolute Gasteiger partial charge is 0.152 e. The Morgan fingerprint density at radius 1 is 1.42 bits per heavy atom. The third kappa shape index (κ3) is 0.506. The fourth-order valence-electron chi connectivity index (χ4n) is 1.73. The van der Waals surface area contributed by atoms with E-state index in [1.807, 2.05) is 6.07 Å². The number of rotatable bonds is 0. The van der Waals surface area contributed by atoms with Gasteiger partial charge >= 0.3 is 0 Å². The van der Waals surface area contributed by atoms with Gasteiger partial charge in [-0.2, -0.15) is 0 Å². The van der Waals surface area contributed by atoms with Gasteiger partial charge in [-0.05, 0) is 17.7 Å². The zero-order valence-electron chi connectivity index (χ0n) is 6.41. The molecule has 4 nitrogen and oxygen atoms in total. The molecule has 0 unspecified atom stereocenters. The van der Waals surface area contributed by atoms with E-state index in [2.05, 4.69) is 11.1 Å². The molecule has 0 aliphatic carbocycles. The van der Waals surface area contributed by atoms with Gasteiger partial charge in [-0.15, -0.1) is 0 Å². The summed E-state index contributed by atoms with van der Waals surface area (Å²) in [7, 11) is 0. The van der Waals surface area contributed by atoms with Crippen molar-refractivity contribution < 1.29 is 0 Å². The van der Waals surface area contributed by atoms with Crippen molar-refractivity contribution in [3.8, 4) is 0 Å². The molecule has 0 fully saturated rings. The van der Waals surface area contributed by atoms with E-state index in [0.717, 1.165) is 34.5 Å². The highest BCUT2D eigenvalue weighted by molar-refractivity contribution is 5.95. The summed E-state index contributed by atoms with van der Waals surface area (Å²) in [6.07, 6.45) is 0. The van der Waals surface area contributed by atoms with Crippen molar-refractivity contribution in [1.82, 2.24) is 4.98 Å². The number of hydrogen-bond donors (Lipinski definition) is 2. The van der Waals surface area contributed by atoms with E-state index in [1.165, 1.54) is 0 Å². The maximum absolute atomic E-state index is 5.76. The zero-order chi connectivity index (χ0) is 8.29. The Kier molecular flexibility index (Phi) is 0.810. The van der Waals surface area contributed by atoms with Crippen LogP contribution in [0.15, 0.2) is 12.1 Å². The van der Waals surface area contributed by atoms with E-state index in [1.54, 1.807) is 5.01 Å². The van der Waals surface area contributed by atoms with Crippen molar-refractivity contribution in [3.63, 3.8) is 0 Å². The molecular weight excluding hydrogens is 152 g/mol. The fourth-order valence-corrected chi connectivity index (χ4v) is 1.73. The van der Waals surface area contributed by atoms with E-state index < -0.39 is 0 Å². The third-order valence-electron chi connectivity index (χ3n) is 2.33. The first-order valence-electron chi connectivity index (χ1n) is 3.79. The molecule has 3 aromatic rings. The van der Waals surface area contributed by atoms with Crippen LogP contribution in [0.4, 0.5) is 11.5 Å². The predicted molar refractivity (Wildman–Crippen MR) is 47.7 cm³/mol. The van der Waals surface area contributed by atoms with Crippen molar-refractivity contribution in [1.29, 1.82) is 0 Å². The van der Waals surface area contributed by atoms with Crippen molar-refractivity contribution in [3.05, 3.63) is 17.7 Å². The van der Waals surface area contributed by atoms with Crippen LogP contribution in [-0.2, 0) is 6.54 Å². The molecule has 2 aromatic heterocycles. The SMILES string of the molecule is Nc1cc2nc3c1cc2CN3N. The Morgan fingerprint density at radius 2 is 2.25 bits per heavy atom. The molecule has 1 aromatic carbocycles. The highest BCUT2D eigenvalue weighted by Gasteiger charge is 2.21. The Hall–Kier alpha value is -1.55. The quantitative estimate of drug-likeness (QED) is 0.433. The first kappa shape index (κ1) is 6.02. The minimum absolute atomic E-state index is 0.751. The molecule has 2 aliphatic heterocycles. The second-order valence-electron chi connectivity index (χ2n) is 3.13. The summed E-state index contributed by atoms with van der Waals surface area (Å²) in [6.45, 7) is 0.751. The fraction of sp³-hybridized carbons (Fsp3) is 0.125. The minimum Gasteiger partial charge on any atom is -0.398 e. The molecule has 4 heterocycles. The van der Waals surface area contributed by atoms with Gasteiger partial charge in [0.15, 0.2) is 5.82 Å². The highest BCUT2D eigenvalue weighted by Crippen LogP contribution is 2.35. The van der Waals surface area contributed by atoms with Gasteiger partial charge in [0, 0.05) is 11.1 Å². The van der Waals surface area contributed by atoms with Gasteiger partial charge in [0.1, 0.15) is 0 Å². The number of hydrazine groups is 1. The number of nitrogens with two attached hydrogens (primary N) is 2. The second-order valence-corrected chi connectivity index (χ2v) is 3.13. The topological polar surface area (TPSA) is 68.2 Å². The van der Waals surface area contributed by atoms with Gasteiger partial charge in [-0.25, -0.2) is 10.8 Å². The number of aromatic nitrogens is 1. The van der Waals surface area contributed by atoms with Gasteiger partial charge in [-0.3, -0.25) is 5.01 Å². The maximum Gasteiger partial charge on any atom is 0.152 e. The largest absolute Gasteiger partial charge is 0.398 e. The number of hydrogen-bond acceptors (Lipinski definition) is 4. The summed E-state index contributed by atoms with van der Waals surface area (Å²) >= 11 is 0. The number of pyridine rings is 2. The molecular formula is C8H8N4. The van der Waals surface area contributed by atoms with Crippen molar-refractivity contribution in [2.24, 2.45) is 5.84 Å². The van der Waals surface area contributed by atoms with E-state index >= 15 is 0 Å². The lowest BCUT2D eigenvalue weighted by Gasteiger charge is -2.28. The van der Waals surface area contributed by atoms with Crippen LogP contribution in [0, 0.1) is 0 Å². The van der Waals surface area contributed by atoms with Gasteiger partial charge in [-0.1, -0.05) is 0 Å². The van der Waals surface area contributed by atoms with Crippen LogP contribution in [0.25, 0.3) is 10.9 Å². The summed E-state index contributed by atoms with van der Waals surface area (Å²) in [4.78, 5) is 4.32. The Balaban J connectivity index is 2.53. The average molecular weight is 160 g/mol. The summed E-state index contributed by atoms with van der Waals surface area (Å²) in [6, 6.07) is 3.97. The third-order valence-corrected chi connectivity index (χ3v) is 2.33. The van der Waals surface area contributed by atoms with E-state index in [-0.39, 0.29) is 0 Å². The van der Waals surface area contributed by atoms with Crippen LogP contribution in [0.5, 0.6) is 0 Å². The molecule has 0 spiro atoms. The van der Waals surface area contributed by atoms with Crippen LogP contribution < -0.4 is 16.6 Å². The van der Waals surface area contributed by atoms with Crippen LogP contribution in [0.2, 0.25) is 0 Å². The number of benzene rings is 1. The minimum atomic E-state index is 0.751. The molecule has 4 bridgehead atoms. The summed E-state index contributed by atoms with van der Waals surface area (Å²) in [5, 5.41) is 2.60. The van der Waals surface area contributed by atoms with E-state index in [4.69, 9.17) is 11.6 Å². The summed E-state index contributed by atoms with van der Waals surface area (Å²) in [5.41, 5.74) is 8.67. The molecule has 60 valence electrons. The second kappa shape index (κ2) is 1.61. The van der Waals surface area contributed by atoms with Gasteiger partial charge < -0.3 is 5.73 Å². The molecule has 12 heavy (non-hydrogen) atoms.